The number of hydrogen-bond acceptors (Lipinski definition) is 5. The first-order chi connectivity index (χ1) is 17.0. The molecule has 0 N–H and O–H groups in total. The van der Waals surface area contributed by atoms with Gasteiger partial charge in [0.25, 0.3) is 5.56 Å². The van der Waals surface area contributed by atoms with Crippen molar-refractivity contribution in [3.63, 3.8) is 0 Å². The van der Waals surface area contributed by atoms with Crippen LogP contribution in [0.3, 0.4) is 0 Å². The molecule has 6 rings (SSSR count). The molecule has 0 amide bonds. The highest BCUT2D eigenvalue weighted by Crippen LogP contribution is 2.25. The molecule has 8 heteroatoms. The van der Waals surface area contributed by atoms with E-state index in [1.165, 1.54) is 28.0 Å². The highest BCUT2D eigenvalue weighted by molar-refractivity contribution is 7.15. The van der Waals surface area contributed by atoms with E-state index in [0.29, 0.717) is 20.9 Å². The third-order valence-electron chi connectivity index (χ3n) is 5.66. The van der Waals surface area contributed by atoms with E-state index in [0.717, 1.165) is 28.1 Å². The van der Waals surface area contributed by atoms with Gasteiger partial charge in [0.05, 0.1) is 15.9 Å². The topological polar surface area (TPSA) is 65.1 Å². The molecule has 0 saturated heterocycles. The van der Waals surface area contributed by atoms with Crippen LogP contribution in [0.5, 0.6) is 0 Å². The first kappa shape index (κ1) is 21.1. The minimum Gasteiger partial charge on any atom is -0.266 e. The lowest BCUT2D eigenvalue weighted by atomic mass is 10.1. The Bertz CT molecular complexity index is 1770. The molecule has 0 atom stereocenters. The summed E-state index contributed by atoms with van der Waals surface area (Å²) >= 11 is 1.26. The Morgan fingerprint density at radius 3 is 2.31 bits per heavy atom. The van der Waals surface area contributed by atoms with Crippen LogP contribution in [0.4, 0.5) is 4.39 Å². The van der Waals surface area contributed by atoms with Crippen molar-refractivity contribution < 1.29 is 4.39 Å². The zero-order chi connectivity index (χ0) is 23.9. The molecule has 0 spiro atoms. The number of fused-ring (bicyclic) bond motifs is 1. The number of halogens is 1. The summed E-state index contributed by atoms with van der Waals surface area (Å²) < 4.78 is 16.9. The van der Waals surface area contributed by atoms with Crippen LogP contribution in [0.1, 0.15) is 11.1 Å². The van der Waals surface area contributed by atoms with E-state index in [2.05, 4.69) is 10.1 Å². The highest BCUT2D eigenvalue weighted by Gasteiger charge is 2.15. The normalized spacial score (nSPS) is 12.0. The number of aromatic nitrogens is 5. The number of benzene rings is 3. The summed E-state index contributed by atoms with van der Waals surface area (Å²) in [6.07, 6.45) is 3.76. The van der Waals surface area contributed by atoms with Gasteiger partial charge in [0.2, 0.25) is 4.96 Å². The Balaban J connectivity index is 1.48. The third-order valence-corrected chi connectivity index (χ3v) is 6.62. The molecular weight excluding hydrogens is 461 g/mol. The van der Waals surface area contributed by atoms with Gasteiger partial charge in [0.1, 0.15) is 5.82 Å². The van der Waals surface area contributed by atoms with Crippen molar-refractivity contribution in [1.82, 2.24) is 24.4 Å². The average Bonchev–Trinajstić information content (AvgIpc) is 3.56. The third kappa shape index (κ3) is 3.94. The van der Waals surface area contributed by atoms with E-state index >= 15 is 0 Å². The van der Waals surface area contributed by atoms with Gasteiger partial charge < -0.3 is 0 Å². The fourth-order valence-electron chi connectivity index (χ4n) is 3.84. The molecule has 0 saturated carbocycles. The highest BCUT2D eigenvalue weighted by atomic mass is 32.1. The Kier molecular flexibility index (Phi) is 5.08. The first-order valence-electron chi connectivity index (χ1n) is 10.9. The minimum atomic E-state index is -0.336. The smallest absolute Gasteiger partial charge is 0.266 e. The first-order valence-corrected chi connectivity index (χ1v) is 11.8. The van der Waals surface area contributed by atoms with Crippen LogP contribution in [0.2, 0.25) is 0 Å². The summed E-state index contributed by atoms with van der Waals surface area (Å²) in [5, 5.41) is 9.19. The van der Waals surface area contributed by atoms with Gasteiger partial charge >= 0.3 is 0 Å². The van der Waals surface area contributed by atoms with Gasteiger partial charge in [0.15, 0.2) is 5.82 Å². The lowest BCUT2D eigenvalue weighted by molar-refractivity contribution is 0.628. The number of para-hydroxylation sites is 1. The van der Waals surface area contributed by atoms with Crippen molar-refractivity contribution in [1.29, 1.82) is 0 Å². The van der Waals surface area contributed by atoms with E-state index in [4.69, 9.17) is 5.10 Å². The largest absolute Gasteiger partial charge is 0.291 e. The molecule has 0 unspecified atom stereocenters. The van der Waals surface area contributed by atoms with Gasteiger partial charge in [-0.25, -0.2) is 9.07 Å². The van der Waals surface area contributed by atoms with Crippen LogP contribution in [0.25, 0.3) is 39.4 Å². The molecule has 0 aliphatic rings. The summed E-state index contributed by atoms with van der Waals surface area (Å²) in [6.45, 7) is 2.04. The quantitative estimate of drug-likeness (QED) is 0.369. The summed E-state index contributed by atoms with van der Waals surface area (Å²) in [5.41, 5.74) is 5.03. The van der Waals surface area contributed by atoms with Crippen LogP contribution < -0.4 is 10.1 Å². The molecule has 0 aliphatic heterocycles. The van der Waals surface area contributed by atoms with Gasteiger partial charge in [-0.3, -0.25) is 4.79 Å². The molecular formula is C27H18FN5OS. The molecule has 0 radical (unpaired) electrons. The average molecular weight is 480 g/mol. The summed E-state index contributed by atoms with van der Waals surface area (Å²) in [7, 11) is 0. The lowest BCUT2D eigenvalue weighted by Gasteiger charge is -2.01. The van der Waals surface area contributed by atoms with Crippen molar-refractivity contribution in [2.24, 2.45) is 0 Å². The molecule has 0 bridgehead atoms. The molecule has 0 aliphatic carbocycles. The molecule has 3 aromatic carbocycles. The van der Waals surface area contributed by atoms with E-state index in [9.17, 15) is 9.18 Å². The van der Waals surface area contributed by atoms with Crippen molar-refractivity contribution in [2.75, 3.05) is 0 Å². The second kappa shape index (κ2) is 8.41. The molecule has 3 aromatic heterocycles. The standard InChI is InChI=1S/C27H18FN5OS/c1-17-7-9-18(10-8-17)24-20(16-32(30-24)22-5-3-2-4-6-22)15-23-26(34)33-27(35-23)29-25(31-33)19-11-13-21(28)14-12-19/h2-16H,1H3/b23-15-. The fourth-order valence-corrected chi connectivity index (χ4v) is 4.74. The van der Waals surface area contributed by atoms with Gasteiger partial charge in [0, 0.05) is 22.9 Å². The number of thiazole rings is 1. The zero-order valence-electron chi connectivity index (χ0n) is 18.6. The van der Waals surface area contributed by atoms with Gasteiger partial charge in [-0.2, -0.15) is 14.6 Å². The number of aryl methyl sites for hydroxylation is 1. The molecule has 35 heavy (non-hydrogen) atoms. The Hall–Kier alpha value is -4.43. The number of nitrogens with zero attached hydrogens (tertiary/aromatic N) is 5. The molecule has 6 aromatic rings. The van der Waals surface area contributed by atoms with Gasteiger partial charge in [-0.05, 0) is 49.4 Å². The summed E-state index contributed by atoms with van der Waals surface area (Å²) in [5.74, 6) is 0.0498. The molecule has 170 valence electrons. The van der Waals surface area contributed by atoms with Crippen molar-refractivity contribution in [3.05, 3.63) is 117 Å². The van der Waals surface area contributed by atoms with E-state index in [1.54, 1.807) is 12.1 Å². The lowest BCUT2D eigenvalue weighted by Crippen LogP contribution is -2.23. The molecule has 6 nitrogen and oxygen atoms in total. The molecule has 0 fully saturated rings. The Morgan fingerprint density at radius 1 is 0.886 bits per heavy atom. The second-order valence-corrected chi connectivity index (χ2v) is 9.14. The monoisotopic (exact) mass is 479 g/mol. The van der Waals surface area contributed by atoms with Gasteiger partial charge in [-0.15, -0.1) is 5.10 Å². The number of hydrogen-bond donors (Lipinski definition) is 0. The maximum absolute atomic E-state index is 13.3. The van der Waals surface area contributed by atoms with Crippen LogP contribution in [-0.2, 0) is 0 Å². The number of rotatable bonds is 4. The molecule has 3 heterocycles. The van der Waals surface area contributed by atoms with E-state index in [1.807, 2.05) is 78.5 Å². The van der Waals surface area contributed by atoms with Crippen molar-refractivity contribution in [3.8, 4) is 28.3 Å². The van der Waals surface area contributed by atoms with Crippen molar-refractivity contribution in [2.45, 2.75) is 6.92 Å². The van der Waals surface area contributed by atoms with Crippen LogP contribution in [0, 0.1) is 12.7 Å². The summed E-state index contributed by atoms with van der Waals surface area (Å²) in [4.78, 5) is 18.1. The predicted molar refractivity (Wildman–Crippen MR) is 135 cm³/mol. The van der Waals surface area contributed by atoms with E-state index < -0.39 is 0 Å². The Labute approximate surface area is 203 Å². The second-order valence-electron chi connectivity index (χ2n) is 8.13. The van der Waals surface area contributed by atoms with E-state index in [-0.39, 0.29) is 11.4 Å². The predicted octanol–water partition coefficient (Wildman–Crippen LogP) is 4.67. The fraction of sp³-hybridized carbons (Fsp3) is 0.0370. The maximum Gasteiger partial charge on any atom is 0.291 e. The van der Waals surface area contributed by atoms with Crippen LogP contribution in [-0.4, -0.2) is 24.4 Å². The minimum absolute atomic E-state index is 0.256. The SMILES string of the molecule is Cc1ccc(-c2nn(-c3ccccc3)cc2/C=c2\sc3nc(-c4ccc(F)cc4)nn3c2=O)cc1. The van der Waals surface area contributed by atoms with Crippen LogP contribution >= 0.6 is 11.3 Å². The Morgan fingerprint density at radius 2 is 1.60 bits per heavy atom. The van der Waals surface area contributed by atoms with Crippen LogP contribution in [0.15, 0.2) is 89.9 Å². The summed E-state index contributed by atoms with van der Waals surface area (Å²) in [6, 6.07) is 23.9. The van der Waals surface area contributed by atoms with Gasteiger partial charge in [-0.1, -0.05) is 59.4 Å². The van der Waals surface area contributed by atoms with Crippen molar-refractivity contribution >= 4 is 22.4 Å². The zero-order valence-corrected chi connectivity index (χ0v) is 19.4. The maximum atomic E-state index is 13.3.